The van der Waals surface area contributed by atoms with Crippen molar-refractivity contribution in [3.63, 3.8) is 0 Å². The maximum Gasteiger partial charge on any atom is 0.255 e. The molecule has 0 spiro atoms. The van der Waals surface area contributed by atoms with E-state index in [9.17, 15) is 4.79 Å². The van der Waals surface area contributed by atoms with Crippen molar-refractivity contribution in [3.05, 3.63) is 63.4 Å². The molecule has 100 valence electrons. The second kappa shape index (κ2) is 5.02. The largest absolute Gasteiger partial charge is 0.340 e. The minimum Gasteiger partial charge on any atom is -0.340 e. The van der Waals surface area contributed by atoms with E-state index < -0.39 is 5.34 Å². The lowest BCUT2D eigenvalue weighted by atomic mass is 9.59. The topological polar surface area (TPSA) is 33.2 Å². The molecule has 0 saturated carbocycles. The van der Waals surface area contributed by atoms with Crippen molar-refractivity contribution in [1.82, 2.24) is 9.88 Å². The van der Waals surface area contributed by atoms with Gasteiger partial charge in [-0.1, -0.05) is 22.0 Å². The third-order valence-electron chi connectivity index (χ3n) is 3.74. The second-order valence-electron chi connectivity index (χ2n) is 5.19. The summed E-state index contributed by atoms with van der Waals surface area (Å²) in [5, 5.41) is -1.38. The fraction of sp³-hybridized carbons (Fsp3) is 0.200. The Labute approximate surface area is 134 Å². The minimum atomic E-state index is -1.38. The molecule has 1 amide bonds. The number of hydrogen-bond acceptors (Lipinski definition) is 2. The van der Waals surface area contributed by atoms with E-state index in [1.54, 1.807) is 18.3 Å². The lowest BCUT2D eigenvalue weighted by Crippen LogP contribution is -2.44. The number of nitrogens with zero attached hydrogens (tertiary/aromatic N) is 2. The van der Waals surface area contributed by atoms with Gasteiger partial charge in [0.1, 0.15) is 0 Å². The standard InChI is InChI=1S/C15H11B2BrN2O/c1-9-7-11(18)5-4-10(9)8-20-14(21)12-3-2-6-19-13(12)15(20,16)17/h2-7H,8H2,1H3. The number of rotatable bonds is 2. The van der Waals surface area contributed by atoms with E-state index >= 15 is 0 Å². The van der Waals surface area contributed by atoms with Crippen molar-refractivity contribution >= 4 is 37.5 Å². The Bertz CT molecular complexity index is 733. The number of aromatic nitrogens is 1. The SMILES string of the molecule is [B]C1([B])c2ncccc2C(=O)N1Cc1ccc(Br)cc1C. The van der Waals surface area contributed by atoms with Crippen LogP contribution >= 0.6 is 15.9 Å². The van der Waals surface area contributed by atoms with Crippen LogP contribution in [0, 0.1) is 6.92 Å². The zero-order valence-corrected chi connectivity index (χ0v) is 13.1. The van der Waals surface area contributed by atoms with Crippen LogP contribution in [0.3, 0.4) is 0 Å². The number of fused-ring (bicyclic) bond motifs is 1. The van der Waals surface area contributed by atoms with Gasteiger partial charge in [-0.2, -0.15) is 0 Å². The van der Waals surface area contributed by atoms with Crippen molar-refractivity contribution in [2.45, 2.75) is 18.8 Å². The van der Waals surface area contributed by atoms with Gasteiger partial charge in [-0.05, 0) is 42.3 Å². The smallest absolute Gasteiger partial charge is 0.255 e. The normalized spacial score (nSPS) is 16.1. The van der Waals surface area contributed by atoms with E-state index in [4.69, 9.17) is 15.7 Å². The van der Waals surface area contributed by atoms with Gasteiger partial charge in [-0.25, -0.2) is 0 Å². The number of benzene rings is 1. The van der Waals surface area contributed by atoms with Gasteiger partial charge in [0.15, 0.2) is 0 Å². The van der Waals surface area contributed by atoms with Crippen molar-refractivity contribution in [2.24, 2.45) is 0 Å². The Morgan fingerprint density at radius 2 is 2.10 bits per heavy atom. The average molecular weight is 337 g/mol. The van der Waals surface area contributed by atoms with Gasteiger partial charge in [-0.3, -0.25) is 9.78 Å². The Morgan fingerprint density at radius 1 is 1.33 bits per heavy atom. The molecule has 0 atom stereocenters. The molecule has 3 rings (SSSR count). The van der Waals surface area contributed by atoms with E-state index in [-0.39, 0.29) is 5.91 Å². The van der Waals surface area contributed by atoms with E-state index in [1.165, 1.54) is 4.90 Å². The van der Waals surface area contributed by atoms with Crippen LogP contribution in [-0.4, -0.2) is 31.5 Å². The van der Waals surface area contributed by atoms with Crippen molar-refractivity contribution in [1.29, 1.82) is 0 Å². The summed E-state index contributed by atoms with van der Waals surface area (Å²) in [5.74, 6) is -0.189. The predicted molar refractivity (Wildman–Crippen MR) is 86.2 cm³/mol. The molecule has 1 aliphatic rings. The number of aryl methyl sites for hydroxylation is 1. The fourth-order valence-electron chi connectivity index (χ4n) is 2.55. The highest BCUT2D eigenvalue weighted by atomic mass is 79.9. The van der Waals surface area contributed by atoms with Gasteiger partial charge in [0.25, 0.3) is 5.91 Å². The van der Waals surface area contributed by atoms with Crippen LogP contribution in [-0.2, 0) is 11.9 Å². The van der Waals surface area contributed by atoms with Gasteiger partial charge in [0.05, 0.1) is 26.9 Å². The molecule has 21 heavy (non-hydrogen) atoms. The van der Waals surface area contributed by atoms with E-state index in [0.717, 1.165) is 15.6 Å². The first-order valence-electron chi connectivity index (χ1n) is 6.51. The Morgan fingerprint density at radius 3 is 2.76 bits per heavy atom. The Kier molecular flexibility index (Phi) is 3.44. The summed E-state index contributed by atoms with van der Waals surface area (Å²) >= 11 is 3.43. The number of pyridine rings is 1. The number of carbonyl (C=O) groups is 1. The Hall–Kier alpha value is -1.55. The molecular formula is C15H11B2BrN2O. The third-order valence-corrected chi connectivity index (χ3v) is 4.24. The number of carbonyl (C=O) groups excluding carboxylic acids is 1. The molecule has 0 unspecified atom stereocenters. The van der Waals surface area contributed by atoms with Crippen LogP contribution in [0.1, 0.15) is 27.2 Å². The summed E-state index contributed by atoms with van der Waals surface area (Å²) in [6.45, 7) is 2.34. The lowest BCUT2D eigenvalue weighted by molar-refractivity contribution is 0.0731. The molecule has 1 aromatic heterocycles. The third kappa shape index (κ3) is 2.31. The van der Waals surface area contributed by atoms with Gasteiger partial charge >= 0.3 is 0 Å². The molecule has 0 fully saturated rings. The first kappa shape index (κ1) is 14.4. The van der Waals surface area contributed by atoms with Crippen LogP contribution < -0.4 is 0 Å². The van der Waals surface area contributed by atoms with Gasteiger partial charge < -0.3 is 4.90 Å². The molecule has 0 saturated heterocycles. The van der Waals surface area contributed by atoms with Crippen LogP contribution in [0.2, 0.25) is 0 Å². The number of halogens is 1. The molecule has 2 aromatic rings. The zero-order valence-electron chi connectivity index (χ0n) is 11.5. The van der Waals surface area contributed by atoms with Crippen LogP contribution in [0.4, 0.5) is 0 Å². The van der Waals surface area contributed by atoms with Gasteiger partial charge in [0.2, 0.25) is 0 Å². The quantitative estimate of drug-likeness (QED) is 0.788. The van der Waals surface area contributed by atoms with E-state index in [0.29, 0.717) is 17.8 Å². The lowest BCUT2D eigenvalue weighted by Gasteiger charge is -2.33. The summed E-state index contributed by atoms with van der Waals surface area (Å²) in [6, 6.07) is 9.30. The number of hydrogen-bond donors (Lipinski definition) is 0. The highest BCUT2D eigenvalue weighted by Gasteiger charge is 2.42. The molecule has 0 bridgehead atoms. The van der Waals surface area contributed by atoms with Crippen molar-refractivity contribution in [2.75, 3.05) is 0 Å². The maximum absolute atomic E-state index is 12.5. The van der Waals surface area contributed by atoms with Crippen LogP contribution in [0.5, 0.6) is 0 Å². The molecule has 4 radical (unpaired) electrons. The molecule has 0 N–H and O–H groups in total. The zero-order chi connectivity index (χ0) is 15.2. The van der Waals surface area contributed by atoms with E-state index in [1.807, 2.05) is 25.1 Å². The monoisotopic (exact) mass is 336 g/mol. The molecule has 1 aliphatic heterocycles. The molecule has 0 aliphatic carbocycles. The Balaban J connectivity index is 1.99. The van der Waals surface area contributed by atoms with Crippen LogP contribution in [0.25, 0.3) is 0 Å². The van der Waals surface area contributed by atoms with Gasteiger partial charge in [-0.15, -0.1) is 0 Å². The summed E-state index contributed by atoms with van der Waals surface area (Å²) < 4.78 is 0.994. The first-order chi connectivity index (χ1) is 9.91. The van der Waals surface area contributed by atoms with Crippen molar-refractivity contribution < 1.29 is 4.79 Å². The van der Waals surface area contributed by atoms with Crippen molar-refractivity contribution in [3.8, 4) is 0 Å². The minimum absolute atomic E-state index is 0.189. The highest BCUT2D eigenvalue weighted by molar-refractivity contribution is 9.10. The average Bonchev–Trinajstić information content (AvgIpc) is 2.63. The predicted octanol–water partition coefficient (Wildman–Crippen LogP) is 2.26. The summed E-state index contributed by atoms with van der Waals surface area (Å²) in [4.78, 5) is 18.1. The molecule has 1 aromatic carbocycles. The molecule has 6 heteroatoms. The molecular weight excluding hydrogens is 326 g/mol. The van der Waals surface area contributed by atoms with E-state index in [2.05, 4.69) is 20.9 Å². The summed E-state index contributed by atoms with van der Waals surface area (Å²) in [6.07, 6.45) is 1.59. The molecule has 3 nitrogen and oxygen atoms in total. The summed E-state index contributed by atoms with van der Waals surface area (Å²) in [7, 11) is 12.3. The highest BCUT2D eigenvalue weighted by Crippen LogP contribution is 2.34. The summed E-state index contributed by atoms with van der Waals surface area (Å²) in [5.41, 5.74) is 2.96. The van der Waals surface area contributed by atoms with Gasteiger partial charge in [0, 0.05) is 22.6 Å². The second-order valence-corrected chi connectivity index (χ2v) is 6.10. The fourth-order valence-corrected chi connectivity index (χ4v) is 3.02. The number of amides is 1. The maximum atomic E-state index is 12.5. The first-order valence-corrected chi connectivity index (χ1v) is 7.31. The molecule has 2 heterocycles. The van der Waals surface area contributed by atoms with Crippen LogP contribution in [0.15, 0.2) is 41.0 Å².